The highest BCUT2D eigenvalue weighted by Crippen LogP contribution is 2.25. The quantitative estimate of drug-likeness (QED) is 0.465. The number of thiazole rings is 1. The first-order valence-corrected chi connectivity index (χ1v) is 7.24. The van der Waals surface area contributed by atoms with E-state index in [9.17, 15) is 14.9 Å². The third-order valence-corrected chi connectivity index (χ3v) is 3.81. The van der Waals surface area contributed by atoms with Gasteiger partial charge >= 0.3 is 5.97 Å². The third-order valence-electron chi connectivity index (χ3n) is 2.90. The maximum Gasteiger partial charge on any atom is 0.305 e. The molecule has 0 unspecified atom stereocenters. The monoisotopic (exact) mass is 306 g/mol. The fraction of sp³-hybridized carbons (Fsp3) is 0.286. The number of ether oxygens (including phenoxy) is 1. The van der Waals surface area contributed by atoms with Crippen LogP contribution in [0.25, 0.3) is 11.3 Å². The molecular weight excluding hydrogens is 292 g/mol. The number of carbonyl (C=O) groups is 1. The Balaban J connectivity index is 2.04. The molecule has 7 heteroatoms. The molecule has 1 heterocycles. The summed E-state index contributed by atoms with van der Waals surface area (Å²) in [5.41, 5.74) is 1.49. The van der Waals surface area contributed by atoms with Crippen LogP contribution in [0.3, 0.4) is 0 Å². The molecule has 0 atom stereocenters. The van der Waals surface area contributed by atoms with E-state index in [4.69, 9.17) is 0 Å². The van der Waals surface area contributed by atoms with Gasteiger partial charge in [-0.1, -0.05) is 12.1 Å². The van der Waals surface area contributed by atoms with Crippen LogP contribution in [0, 0.1) is 10.1 Å². The second kappa shape index (κ2) is 6.94. The number of carbonyl (C=O) groups excluding carboxylic acids is 1. The van der Waals surface area contributed by atoms with Gasteiger partial charge in [-0.15, -0.1) is 11.3 Å². The second-order valence-corrected chi connectivity index (χ2v) is 5.31. The molecule has 1 aromatic heterocycles. The fourth-order valence-corrected chi connectivity index (χ4v) is 2.67. The zero-order valence-corrected chi connectivity index (χ0v) is 12.3. The molecular formula is C14H14N2O4S. The van der Waals surface area contributed by atoms with Crippen LogP contribution in [0.2, 0.25) is 0 Å². The summed E-state index contributed by atoms with van der Waals surface area (Å²) in [6.07, 6.45) is 1.73. The number of nitro groups is 1. The van der Waals surface area contributed by atoms with E-state index in [0.717, 1.165) is 16.3 Å². The number of nitro benzene ring substituents is 1. The molecule has 0 aliphatic heterocycles. The first kappa shape index (κ1) is 15.1. The molecule has 6 nitrogen and oxygen atoms in total. The molecule has 0 aliphatic carbocycles. The predicted molar refractivity (Wildman–Crippen MR) is 79.2 cm³/mol. The number of rotatable bonds is 6. The average Bonchev–Trinajstić information content (AvgIpc) is 2.96. The first-order chi connectivity index (χ1) is 10.1. The maximum absolute atomic E-state index is 11.0. The summed E-state index contributed by atoms with van der Waals surface area (Å²) in [6, 6.07) is 6.39. The molecule has 0 amide bonds. The molecule has 110 valence electrons. The highest BCUT2D eigenvalue weighted by molar-refractivity contribution is 7.09. The average molecular weight is 306 g/mol. The van der Waals surface area contributed by atoms with Gasteiger partial charge in [0, 0.05) is 29.5 Å². The molecule has 0 saturated heterocycles. The third kappa shape index (κ3) is 4.09. The summed E-state index contributed by atoms with van der Waals surface area (Å²) in [4.78, 5) is 25.8. The molecule has 0 bridgehead atoms. The Hall–Kier alpha value is -2.28. The number of nitrogens with zero attached hydrogens (tertiary/aromatic N) is 2. The van der Waals surface area contributed by atoms with Crippen LogP contribution in [-0.2, 0) is 16.0 Å². The molecule has 2 aromatic rings. The van der Waals surface area contributed by atoms with Crippen molar-refractivity contribution in [3.8, 4) is 11.3 Å². The minimum Gasteiger partial charge on any atom is -0.469 e. The molecule has 0 saturated carbocycles. The van der Waals surface area contributed by atoms with Crippen LogP contribution in [0.4, 0.5) is 5.69 Å². The Bertz CT molecular complexity index is 654. The normalized spacial score (nSPS) is 10.3. The van der Waals surface area contributed by atoms with Crippen molar-refractivity contribution < 1.29 is 14.5 Å². The number of methoxy groups -OCH3 is 1. The number of hydrogen-bond acceptors (Lipinski definition) is 6. The van der Waals surface area contributed by atoms with E-state index in [0.29, 0.717) is 19.3 Å². The molecule has 0 aliphatic rings. The van der Waals surface area contributed by atoms with Gasteiger partial charge in [0.05, 0.1) is 22.7 Å². The predicted octanol–water partition coefficient (Wildman–Crippen LogP) is 3.21. The first-order valence-electron chi connectivity index (χ1n) is 6.36. The summed E-state index contributed by atoms with van der Waals surface area (Å²) < 4.78 is 4.58. The smallest absolute Gasteiger partial charge is 0.305 e. The van der Waals surface area contributed by atoms with Gasteiger partial charge in [-0.3, -0.25) is 14.9 Å². The zero-order chi connectivity index (χ0) is 15.2. The van der Waals surface area contributed by atoms with Crippen molar-refractivity contribution >= 4 is 23.0 Å². The van der Waals surface area contributed by atoms with E-state index >= 15 is 0 Å². The van der Waals surface area contributed by atoms with Crippen molar-refractivity contribution in [1.82, 2.24) is 4.98 Å². The van der Waals surface area contributed by atoms with Crippen molar-refractivity contribution in [2.24, 2.45) is 0 Å². The number of benzene rings is 1. The van der Waals surface area contributed by atoms with Crippen molar-refractivity contribution in [3.05, 3.63) is 44.8 Å². The lowest BCUT2D eigenvalue weighted by Gasteiger charge is -1.98. The summed E-state index contributed by atoms with van der Waals surface area (Å²) in [5, 5.41) is 13.5. The minimum atomic E-state index is -0.423. The molecule has 2 rings (SSSR count). The van der Waals surface area contributed by atoms with Gasteiger partial charge in [-0.05, 0) is 12.8 Å². The van der Waals surface area contributed by atoms with Gasteiger partial charge in [-0.25, -0.2) is 4.98 Å². The van der Waals surface area contributed by atoms with Gasteiger partial charge in [0.1, 0.15) is 0 Å². The molecule has 0 radical (unpaired) electrons. The highest BCUT2D eigenvalue weighted by atomic mass is 32.1. The lowest BCUT2D eigenvalue weighted by molar-refractivity contribution is -0.384. The lowest BCUT2D eigenvalue weighted by atomic mass is 10.1. The maximum atomic E-state index is 11.0. The van der Waals surface area contributed by atoms with Crippen LogP contribution in [0.1, 0.15) is 17.8 Å². The van der Waals surface area contributed by atoms with Crippen molar-refractivity contribution in [2.75, 3.05) is 7.11 Å². The summed E-state index contributed by atoms with van der Waals surface area (Å²) >= 11 is 1.48. The highest BCUT2D eigenvalue weighted by Gasteiger charge is 2.10. The van der Waals surface area contributed by atoms with E-state index < -0.39 is 4.92 Å². The summed E-state index contributed by atoms with van der Waals surface area (Å²) in [6.45, 7) is 0. The molecule has 0 fully saturated rings. The Morgan fingerprint density at radius 3 is 3.00 bits per heavy atom. The fourth-order valence-electron chi connectivity index (χ4n) is 1.82. The standard InChI is InChI=1S/C14H14N2O4S/c1-20-14(17)7-3-6-13-15-12(9-21-13)10-4-2-5-11(8-10)16(18)19/h2,4-5,8-9H,3,6-7H2,1H3. The van der Waals surface area contributed by atoms with Gasteiger partial charge in [0.15, 0.2) is 0 Å². The van der Waals surface area contributed by atoms with Gasteiger partial charge in [0.25, 0.3) is 5.69 Å². The lowest BCUT2D eigenvalue weighted by Crippen LogP contribution is -2.00. The number of esters is 1. The molecule has 0 spiro atoms. The Kier molecular flexibility index (Phi) is 4.99. The largest absolute Gasteiger partial charge is 0.469 e. The molecule has 21 heavy (non-hydrogen) atoms. The van der Waals surface area contributed by atoms with Crippen LogP contribution in [0.15, 0.2) is 29.6 Å². The number of hydrogen-bond donors (Lipinski definition) is 0. The topological polar surface area (TPSA) is 82.3 Å². The SMILES string of the molecule is COC(=O)CCCc1nc(-c2cccc([N+](=O)[O-])c2)cs1. The summed E-state index contributed by atoms with van der Waals surface area (Å²) in [5.74, 6) is -0.231. The van der Waals surface area contributed by atoms with Crippen LogP contribution in [-0.4, -0.2) is 23.0 Å². The zero-order valence-electron chi connectivity index (χ0n) is 11.4. The number of aryl methyl sites for hydroxylation is 1. The van der Waals surface area contributed by atoms with Crippen molar-refractivity contribution in [2.45, 2.75) is 19.3 Å². The number of aromatic nitrogens is 1. The van der Waals surface area contributed by atoms with Gasteiger partial charge in [-0.2, -0.15) is 0 Å². The van der Waals surface area contributed by atoms with Crippen molar-refractivity contribution in [1.29, 1.82) is 0 Å². The van der Waals surface area contributed by atoms with E-state index in [2.05, 4.69) is 9.72 Å². The van der Waals surface area contributed by atoms with Gasteiger partial charge < -0.3 is 4.74 Å². The molecule has 1 aromatic carbocycles. The van der Waals surface area contributed by atoms with Gasteiger partial charge in [0.2, 0.25) is 0 Å². The van der Waals surface area contributed by atoms with Crippen molar-refractivity contribution in [3.63, 3.8) is 0 Å². The van der Waals surface area contributed by atoms with Crippen LogP contribution in [0.5, 0.6) is 0 Å². The van der Waals surface area contributed by atoms with E-state index in [-0.39, 0.29) is 11.7 Å². The van der Waals surface area contributed by atoms with Crippen LogP contribution < -0.4 is 0 Å². The number of non-ortho nitro benzene ring substituents is 1. The second-order valence-electron chi connectivity index (χ2n) is 4.36. The van der Waals surface area contributed by atoms with E-state index in [1.54, 1.807) is 12.1 Å². The minimum absolute atomic E-state index is 0.0488. The molecule has 0 N–H and O–H groups in total. The Morgan fingerprint density at radius 2 is 2.29 bits per heavy atom. The van der Waals surface area contributed by atoms with E-state index in [1.165, 1.54) is 30.6 Å². The Labute approximate surface area is 125 Å². The van der Waals surface area contributed by atoms with Crippen LogP contribution >= 0.6 is 11.3 Å². The summed E-state index contributed by atoms with van der Waals surface area (Å²) in [7, 11) is 1.37. The van der Waals surface area contributed by atoms with E-state index in [1.807, 2.05) is 5.38 Å². The Morgan fingerprint density at radius 1 is 1.48 bits per heavy atom.